The van der Waals surface area contributed by atoms with Gasteiger partial charge in [0.25, 0.3) is 0 Å². The molecule has 0 radical (unpaired) electrons. The van der Waals surface area contributed by atoms with Gasteiger partial charge in [-0.1, -0.05) is 11.6 Å². The summed E-state index contributed by atoms with van der Waals surface area (Å²) in [5.41, 5.74) is 0.672. The summed E-state index contributed by atoms with van der Waals surface area (Å²) in [6.45, 7) is 1.09. The summed E-state index contributed by atoms with van der Waals surface area (Å²) in [5, 5.41) is 1.74. The van der Waals surface area contributed by atoms with E-state index in [0.717, 1.165) is 0 Å². The zero-order valence-electron chi connectivity index (χ0n) is 6.75. The summed E-state index contributed by atoms with van der Waals surface area (Å²) in [6.07, 6.45) is 1.55. The van der Waals surface area contributed by atoms with Crippen LogP contribution in [0.15, 0.2) is 12.3 Å². The fourth-order valence-corrected chi connectivity index (χ4v) is 1.11. The Balaban J connectivity index is 2.46. The number of nitrogens with one attached hydrogen (secondary N) is 1. The van der Waals surface area contributed by atoms with Crippen molar-refractivity contribution in [3.63, 3.8) is 0 Å². The molecule has 1 aliphatic heterocycles. The number of hydrogen-bond donors (Lipinski definition) is 1. The Morgan fingerprint density at radius 1 is 1.82 bits per heavy atom. The minimum atomic E-state index is 0.393. The van der Waals surface area contributed by atoms with E-state index in [1.54, 1.807) is 12.3 Å². The van der Waals surface area contributed by atoms with Gasteiger partial charge in [-0.15, -0.1) is 0 Å². The molecule has 2 heterocycles. The fraction of sp³-hybridized carbons (Fsp3) is 0.286. The molecule has 1 aromatic rings. The second-order valence-corrected chi connectivity index (χ2v) is 2.59. The summed E-state index contributed by atoms with van der Waals surface area (Å²) in [5.74, 6) is 0.635. The fourth-order valence-electron chi connectivity index (χ4n) is 0.962. The number of halogens is 1. The van der Waals surface area contributed by atoms with Crippen molar-refractivity contribution < 1.29 is 6.15 Å². The van der Waals surface area contributed by atoms with E-state index in [9.17, 15) is 0 Å². The molecule has 0 spiro atoms. The first-order valence-electron chi connectivity index (χ1n) is 3.77. The Morgan fingerprint density at radius 2 is 2.73 bits per heavy atom. The molecule has 11 heavy (non-hydrogen) atoms. The quantitative estimate of drug-likeness (QED) is 0.602. The molecular weight excluding hydrogens is 164 g/mol. The maximum absolute atomic E-state index is 7.49. The average Bonchev–Trinajstić information content (AvgIpc) is 2.04. The highest BCUT2D eigenvalue weighted by atomic mass is 35.5. The van der Waals surface area contributed by atoms with E-state index in [-0.39, 0.29) is 0 Å². The van der Waals surface area contributed by atoms with Crippen molar-refractivity contribution in [2.75, 3.05) is 18.5 Å². The summed E-state index contributed by atoms with van der Waals surface area (Å²) < 4.78 is 12.8. The summed E-state index contributed by atoms with van der Waals surface area (Å²) in [7, 11) is 0. The van der Waals surface area contributed by atoms with Gasteiger partial charge in [0.1, 0.15) is 17.5 Å². The lowest BCUT2D eigenvalue weighted by Gasteiger charge is -2.17. The highest BCUT2D eigenvalue weighted by Gasteiger charge is 2.09. The van der Waals surface area contributed by atoms with Gasteiger partial charge in [-0.3, -0.25) is 0 Å². The maximum Gasteiger partial charge on any atom is 0.160 e. The second-order valence-electron chi connectivity index (χ2n) is 2.20. The van der Waals surface area contributed by atoms with Gasteiger partial charge in [0.2, 0.25) is 0 Å². The average molecular weight is 172 g/mol. The van der Waals surface area contributed by atoms with Crippen molar-refractivity contribution in [3.8, 4) is 5.75 Å². The monoisotopic (exact) mass is 171 g/mol. The van der Waals surface area contributed by atoms with E-state index in [1.807, 2.05) is 0 Å². The van der Waals surface area contributed by atoms with Crippen LogP contribution >= 0.6 is 11.6 Å². The third kappa shape index (κ3) is 1.24. The van der Waals surface area contributed by atoms with E-state index in [0.29, 0.717) is 29.7 Å². The van der Waals surface area contributed by atoms with Crippen LogP contribution in [0, 0.1) is 0 Å². The predicted octanol–water partition coefficient (Wildman–Crippen LogP) is 1.54. The standard InChI is InChI=1S/C7H7ClN2O/c8-7-3-6-5(4-10-7)9-1-2-11-6/h3-4,9H,1-2H2/i/hD. The molecule has 58 valence electrons. The lowest BCUT2D eigenvalue weighted by Crippen LogP contribution is -2.17. The highest BCUT2D eigenvalue weighted by Crippen LogP contribution is 2.27. The maximum atomic E-state index is 7.49. The molecule has 1 N–H and O–H groups in total. The smallest absolute Gasteiger partial charge is 0.160 e. The van der Waals surface area contributed by atoms with Crippen molar-refractivity contribution in [3.05, 3.63) is 17.4 Å². The minimum Gasteiger partial charge on any atom is -0.489 e. The molecule has 0 unspecified atom stereocenters. The van der Waals surface area contributed by atoms with Crippen LogP contribution in [0.2, 0.25) is 6.56 Å². The van der Waals surface area contributed by atoms with E-state index < -0.39 is 0 Å². The number of nitrogens with zero attached hydrogens (tertiary/aromatic N) is 1. The van der Waals surface area contributed by atoms with Crippen molar-refractivity contribution >= 4 is 17.3 Å². The van der Waals surface area contributed by atoms with Crippen LogP contribution < -0.4 is 10.0 Å². The first-order chi connectivity index (χ1) is 5.77. The van der Waals surface area contributed by atoms with E-state index in [2.05, 4.69) is 4.98 Å². The highest BCUT2D eigenvalue weighted by molar-refractivity contribution is 6.29. The molecule has 3 nitrogen and oxygen atoms in total. The van der Waals surface area contributed by atoms with Crippen molar-refractivity contribution in [1.82, 2.24) is 4.98 Å². The van der Waals surface area contributed by atoms with Gasteiger partial charge in [-0.25, -0.2) is 4.98 Å². The molecule has 0 fully saturated rings. The number of ether oxygens (including phenoxy) is 1. The van der Waals surface area contributed by atoms with Crippen LogP contribution in [0.4, 0.5) is 5.69 Å². The van der Waals surface area contributed by atoms with Crippen LogP contribution in [0.3, 0.4) is 0 Å². The number of fused-ring (bicyclic) bond motifs is 1. The van der Waals surface area contributed by atoms with Crippen LogP contribution in [0.25, 0.3) is 0 Å². The summed E-state index contributed by atoms with van der Waals surface area (Å²) in [4.78, 5) is 3.87. The predicted molar refractivity (Wildman–Crippen MR) is 43.2 cm³/mol. The molecular formula is C7H7ClN2O. The van der Waals surface area contributed by atoms with Crippen LogP contribution in [-0.4, -0.2) is 18.1 Å². The van der Waals surface area contributed by atoms with Gasteiger partial charge >= 0.3 is 0 Å². The van der Waals surface area contributed by atoms with Gasteiger partial charge < -0.3 is 10.0 Å². The van der Waals surface area contributed by atoms with E-state index in [4.69, 9.17) is 17.7 Å². The van der Waals surface area contributed by atoms with Crippen LogP contribution in [0.1, 0.15) is 0 Å². The Kier molecular flexibility index (Phi) is 1.33. The van der Waals surface area contributed by atoms with E-state index in [1.165, 1.54) is 5.31 Å². The molecule has 0 bridgehead atoms. The molecule has 1 aliphatic rings. The Hall–Kier alpha value is -0.960. The van der Waals surface area contributed by atoms with Gasteiger partial charge in [-0.05, 0) is 0 Å². The Morgan fingerprint density at radius 3 is 3.64 bits per heavy atom. The number of rotatable bonds is 0. The lowest BCUT2D eigenvalue weighted by molar-refractivity contribution is 0.323. The number of hydrogen-bond acceptors (Lipinski definition) is 3. The third-order valence-electron chi connectivity index (χ3n) is 1.44. The van der Waals surface area contributed by atoms with Gasteiger partial charge in [0.15, 0.2) is 1.41 Å². The normalized spacial score (nSPS) is 16.8. The molecule has 0 saturated heterocycles. The Labute approximate surface area is 70.8 Å². The minimum absolute atomic E-state index is 0.393. The molecule has 0 saturated carbocycles. The first-order valence-corrected chi connectivity index (χ1v) is 3.70. The molecule has 2 rings (SSSR count). The van der Waals surface area contributed by atoms with Gasteiger partial charge in [0.05, 0.1) is 11.9 Å². The summed E-state index contributed by atoms with van der Waals surface area (Å²) in [6, 6.07) is 1.62. The largest absolute Gasteiger partial charge is 0.489 e. The van der Waals surface area contributed by atoms with Crippen molar-refractivity contribution in [2.45, 2.75) is 0 Å². The Bertz CT molecular complexity index is 307. The third-order valence-corrected chi connectivity index (χ3v) is 1.65. The zero-order valence-corrected chi connectivity index (χ0v) is 6.51. The lowest BCUT2D eigenvalue weighted by atomic mass is 10.3. The molecule has 4 heteroatoms. The molecule has 0 aromatic carbocycles. The second kappa shape index (κ2) is 2.58. The number of aromatic nitrogens is 1. The van der Waals surface area contributed by atoms with Crippen molar-refractivity contribution in [2.24, 2.45) is 0 Å². The van der Waals surface area contributed by atoms with Crippen LogP contribution in [0.5, 0.6) is 5.75 Å². The SMILES string of the molecule is [2H]N1CCOc2cc(Cl)ncc21. The summed E-state index contributed by atoms with van der Waals surface area (Å²) >= 11 is 5.65. The van der Waals surface area contributed by atoms with Gasteiger partial charge in [-0.2, -0.15) is 0 Å². The van der Waals surface area contributed by atoms with Crippen LogP contribution in [-0.2, 0) is 0 Å². The molecule has 1 aromatic heterocycles. The number of pyridine rings is 1. The molecule has 0 atom stereocenters. The number of anilines is 1. The van der Waals surface area contributed by atoms with E-state index >= 15 is 0 Å². The zero-order chi connectivity index (χ0) is 8.55. The van der Waals surface area contributed by atoms with Gasteiger partial charge in [0, 0.05) is 12.6 Å². The molecule has 0 aliphatic carbocycles. The molecule has 0 amide bonds. The first kappa shape index (κ1) is 5.66. The van der Waals surface area contributed by atoms with Crippen molar-refractivity contribution in [1.29, 1.82) is 0 Å². The topological polar surface area (TPSA) is 34.1 Å².